The standard InChI is InChI=1S/C26H25N5O18S6/c27-25-21-15-22(30-28-17-1-5-19(6-2-17)50(32,33)11-9-48-54(42,43)44)23(52(36,37)38)13-16(21)14-24(53(39,40)41)26(25)31-29-18-3-7-20(8-4-18)51(34,35)12-10-49-55(45,46)47/h1-8,13-15H,9-12,27H2,(H,36,37,38)(H,39,40,41)(H,42,43,44)(H,45,46,47)/p-4. The largest absolute Gasteiger partial charge is 0.744 e. The molecule has 0 fully saturated rings. The summed E-state index contributed by atoms with van der Waals surface area (Å²) < 4.78 is 194. The van der Waals surface area contributed by atoms with Crippen LogP contribution in [-0.4, -0.2) is 93.4 Å². The lowest BCUT2D eigenvalue weighted by Gasteiger charge is -2.16. The zero-order valence-electron chi connectivity index (χ0n) is 26.8. The first-order valence-electron chi connectivity index (χ1n) is 14.2. The summed E-state index contributed by atoms with van der Waals surface area (Å²) in [5, 5.41) is 14.4. The molecule has 0 amide bonds. The Morgan fingerprint density at radius 2 is 0.927 bits per heavy atom. The lowest BCUT2D eigenvalue weighted by atomic mass is 10.1. The van der Waals surface area contributed by atoms with Crippen LogP contribution in [-0.2, 0) is 69.1 Å². The Kier molecular flexibility index (Phi) is 12.6. The minimum atomic E-state index is -5.43. The van der Waals surface area contributed by atoms with Gasteiger partial charge < -0.3 is 23.9 Å². The number of nitrogens with two attached hydrogens (primary N) is 1. The number of fused-ring (bicyclic) bond motifs is 1. The van der Waals surface area contributed by atoms with Crippen LogP contribution in [0.2, 0.25) is 0 Å². The van der Waals surface area contributed by atoms with Crippen molar-refractivity contribution in [2.75, 3.05) is 30.5 Å². The van der Waals surface area contributed by atoms with Gasteiger partial charge in [0.15, 0.2) is 19.7 Å². The molecule has 0 saturated heterocycles. The topological polar surface area (TPSA) is 391 Å². The van der Waals surface area contributed by atoms with Gasteiger partial charge in [-0.05, 0) is 72.1 Å². The fourth-order valence-corrected chi connectivity index (χ4v) is 8.62. The van der Waals surface area contributed by atoms with Gasteiger partial charge in [0, 0.05) is 5.39 Å². The van der Waals surface area contributed by atoms with Gasteiger partial charge in [0.2, 0.25) is 20.8 Å². The highest BCUT2D eigenvalue weighted by Crippen LogP contribution is 2.42. The molecule has 0 aromatic heterocycles. The van der Waals surface area contributed by atoms with Crippen molar-refractivity contribution in [1.82, 2.24) is 0 Å². The van der Waals surface area contributed by atoms with Crippen molar-refractivity contribution in [3.63, 3.8) is 0 Å². The van der Waals surface area contributed by atoms with Gasteiger partial charge in [-0.25, -0.2) is 50.5 Å². The van der Waals surface area contributed by atoms with E-state index in [1.807, 2.05) is 0 Å². The molecule has 0 spiro atoms. The van der Waals surface area contributed by atoms with Crippen LogP contribution >= 0.6 is 0 Å². The number of sulfone groups is 2. The molecule has 0 unspecified atom stereocenters. The smallest absolute Gasteiger partial charge is 0.217 e. The molecule has 23 nitrogen and oxygen atoms in total. The summed E-state index contributed by atoms with van der Waals surface area (Å²) in [5.74, 6) is -1.77. The molecule has 298 valence electrons. The summed E-state index contributed by atoms with van der Waals surface area (Å²) in [6.45, 7) is -1.92. The number of anilines is 1. The second-order valence-electron chi connectivity index (χ2n) is 10.6. The van der Waals surface area contributed by atoms with E-state index in [0.717, 1.165) is 54.6 Å². The second-order valence-corrected chi connectivity index (χ2v) is 19.6. The number of rotatable bonds is 16. The van der Waals surface area contributed by atoms with Crippen LogP contribution in [0.3, 0.4) is 0 Å². The molecule has 0 radical (unpaired) electrons. The van der Waals surface area contributed by atoms with Gasteiger partial charge in [-0.3, -0.25) is 8.37 Å². The lowest BCUT2D eigenvalue weighted by Crippen LogP contribution is -2.15. The Balaban J connectivity index is 1.71. The molecule has 2 N–H and O–H groups in total. The monoisotopic (exact) mass is 883 g/mol. The van der Waals surface area contributed by atoms with Gasteiger partial charge in [0.25, 0.3) is 0 Å². The van der Waals surface area contributed by atoms with Crippen molar-refractivity contribution in [3.05, 3.63) is 66.7 Å². The van der Waals surface area contributed by atoms with E-state index in [1.165, 1.54) is 0 Å². The van der Waals surface area contributed by atoms with Crippen molar-refractivity contribution in [3.8, 4) is 0 Å². The molecule has 0 aliphatic rings. The lowest BCUT2D eigenvalue weighted by molar-refractivity contribution is 0.274. The quantitative estimate of drug-likeness (QED) is 0.0722. The van der Waals surface area contributed by atoms with Crippen LogP contribution in [0.4, 0.5) is 28.4 Å². The first kappa shape index (κ1) is 43.3. The summed E-state index contributed by atoms with van der Waals surface area (Å²) in [6.07, 6.45) is 0. The second kappa shape index (κ2) is 16.0. The Labute approximate surface area is 312 Å². The van der Waals surface area contributed by atoms with Crippen LogP contribution < -0.4 is 5.73 Å². The molecule has 4 aromatic rings. The summed E-state index contributed by atoms with van der Waals surface area (Å²) in [6, 6.07) is 10.6. The van der Waals surface area contributed by atoms with Crippen LogP contribution in [0.25, 0.3) is 10.8 Å². The highest BCUT2D eigenvalue weighted by Gasteiger charge is 2.21. The molecule has 29 heteroatoms. The Morgan fingerprint density at radius 1 is 0.527 bits per heavy atom. The van der Waals surface area contributed by atoms with Crippen LogP contribution in [0, 0.1) is 0 Å². The van der Waals surface area contributed by atoms with E-state index < -0.39 is 112 Å². The number of hydrogen-bond acceptors (Lipinski definition) is 23. The third-order valence-electron chi connectivity index (χ3n) is 6.82. The predicted octanol–water partition coefficient (Wildman–Crippen LogP) is 1.56. The summed E-state index contributed by atoms with van der Waals surface area (Å²) >= 11 is 0. The summed E-state index contributed by atoms with van der Waals surface area (Å²) in [7, 11) is -29.4. The van der Waals surface area contributed by atoms with Gasteiger partial charge in [-0.1, -0.05) is 0 Å². The zero-order valence-corrected chi connectivity index (χ0v) is 31.7. The molecule has 0 aliphatic carbocycles. The Morgan fingerprint density at radius 3 is 1.33 bits per heavy atom. The van der Waals surface area contributed by atoms with Crippen molar-refractivity contribution >= 4 is 99.9 Å². The van der Waals surface area contributed by atoms with Crippen molar-refractivity contribution in [2.45, 2.75) is 19.6 Å². The van der Waals surface area contributed by atoms with E-state index in [0.29, 0.717) is 12.1 Å². The zero-order chi connectivity index (χ0) is 41.2. The first-order chi connectivity index (χ1) is 25.2. The van der Waals surface area contributed by atoms with Gasteiger partial charge >= 0.3 is 0 Å². The van der Waals surface area contributed by atoms with E-state index in [9.17, 15) is 68.7 Å². The normalized spacial score (nSPS) is 13.6. The van der Waals surface area contributed by atoms with E-state index in [1.54, 1.807) is 0 Å². The van der Waals surface area contributed by atoms with Gasteiger partial charge in [-0.15, -0.1) is 10.2 Å². The Hall–Kier alpha value is -4.40. The molecule has 0 saturated carbocycles. The maximum Gasteiger partial charge on any atom is 0.217 e. The van der Waals surface area contributed by atoms with E-state index in [2.05, 4.69) is 28.8 Å². The molecular formula is C26H21N5O18S6-4. The molecule has 0 aliphatic heterocycles. The van der Waals surface area contributed by atoms with Crippen molar-refractivity contribution in [1.29, 1.82) is 0 Å². The molecule has 4 rings (SSSR count). The average Bonchev–Trinajstić information content (AvgIpc) is 3.04. The third-order valence-corrected chi connectivity index (χ3v) is 12.8. The minimum Gasteiger partial charge on any atom is -0.744 e. The van der Waals surface area contributed by atoms with Gasteiger partial charge in [-0.2, -0.15) is 10.2 Å². The van der Waals surface area contributed by atoms with Crippen LogP contribution in [0.5, 0.6) is 0 Å². The van der Waals surface area contributed by atoms with E-state index >= 15 is 0 Å². The number of azo groups is 2. The third kappa shape index (κ3) is 11.8. The number of benzene rings is 4. The fourth-order valence-electron chi connectivity index (χ4n) is 4.37. The maximum absolute atomic E-state index is 12.4. The summed E-state index contributed by atoms with van der Waals surface area (Å²) in [5.41, 5.74) is 3.93. The number of hydrogen-bond donors (Lipinski definition) is 1. The minimum absolute atomic E-state index is 0.107. The summed E-state index contributed by atoms with van der Waals surface area (Å²) in [4.78, 5) is -2.86. The highest BCUT2D eigenvalue weighted by atomic mass is 32.3. The predicted molar refractivity (Wildman–Crippen MR) is 181 cm³/mol. The molecule has 55 heavy (non-hydrogen) atoms. The van der Waals surface area contributed by atoms with Crippen molar-refractivity contribution in [2.24, 2.45) is 20.5 Å². The number of nitrogens with zero attached hydrogens (tertiary/aromatic N) is 4. The van der Waals surface area contributed by atoms with E-state index in [-0.39, 0.29) is 31.9 Å². The fraction of sp³-hybridized carbons (Fsp3) is 0.154. The first-order valence-corrected chi connectivity index (χ1v) is 23.0. The van der Waals surface area contributed by atoms with Gasteiger partial charge in [0.1, 0.15) is 31.6 Å². The SMILES string of the molecule is Nc1c(N=Nc2ccc(S(=O)(=O)CCOS(=O)(=O)[O-])cc2)c(S(=O)(=O)[O-])cc2cc(S(=O)(=O)[O-])c(N=Nc3ccc(S(=O)(=O)CCOS(=O)(=O)[O-])cc3)cc12. The van der Waals surface area contributed by atoms with Gasteiger partial charge in [0.05, 0.1) is 61.4 Å². The molecule has 4 aromatic carbocycles. The van der Waals surface area contributed by atoms with Crippen LogP contribution in [0.15, 0.2) is 107 Å². The van der Waals surface area contributed by atoms with Crippen molar-refractivity contribution < 1.29 is 77.1 Å². The average molecular weight is 884 g/mol. The van der Waals surface area contributed by atoms with E-state index in [4.69, 9.17) is 5.73 Å². The van der Waals surface area contributed by atoms with Crippen LogP contribution in [0.1, 0.15) is 0 Å². The molecule has 0 atom stereocenters. The molecule has 0 bridgehead atoms. The highest BCUT2D eigenvalue weighted by molar-refractivity contribution is 7.91. The molecule has 0 heterocycles. The molecular weight excluding hydrogens is 863 g/mol. The maximum atomic E-state index is 12.4. The Bertz CT molecular complexity index is 2880. The number of nitrogen functional groups attached to an aromatic ring is 1.